The second kappa shape index (κ2) is 6.89. The van der Waals surface area contributed by atoms with Crippen LogP contribution in [-0.4, -0.2) is 17.5 Å². The van der Waals surface area contributed by atoms with Crippen molar-refractivity contribution in [1.29, 1.82) is 0 Å². The number of hydrazone groups is 1. The number of rotatable bonds is 3. The van der Waals surface area contributed by atoms with E-state index in [0.717, 1.165) is 22.4 Å². The molecule has 1 heterocycles. The number of carbonyl (C=O) groups is 2. The summed E-state index contributed by atoms with van der Waals surface area (Å²) >= 11 is 0. The van der Waals surface area contributed by atoms with Crippen molar-refractivity contribution in [1.82, 2.24) is 0 Å². The van der Waals surface area contributed by atoms with Crippen molar-refractivity contribution in [3.8, 4) is 0 Å². The van der Waals surface area contributed by atoms with Crippen LogP contribution in [0.4, 0.5) is 11.4 Å². The molecule has 0 radical (unpaired) electrons. The predicted molar refractivity (Wildman–Crippen MR) is 99.9 cm³/mol. The maximum atomic E-state index is 12.6. The van der Waals surface area contributed by atoms with Gasteiger partial charge in [0.25, 0.3) is 5.91 Å². The Morgan fingerprint density at radius 2 is 1.72 bits per heavy atom. The molecule has 5 nitrogen and oxygen atoms in total. The highest BCUT2D eigenvalue weighted by Crippen LogP contribution is 2.23. The lowest BCUT2D eigenvalue weighted by molar-refractivity contribution is -0.118. The van der Waals surface area contributed by atoms with Gasteiger partial charge in [-0.2, -0.15) is 5.10 Å². The Labute approximate surface area is 147 Å². The molecule has 0 unspecified atom stereocenters. The monoisotopic (exact) mass is 335 g/mol. The molecule has 2 aromatic rings. The van der Waals surface area contributed by atoms with Gasteiger partial charge in [0.1, 0.15) is 5.71 Å². The smallest absolute Gasteiger partial charge is 0.271 e. The Bertz CT molecular complexity index is 851. The van der Waals surface area contributed by atoms with Crippen molar-refractivity contribution in [2.45, 2.75) is 33.6 Å². The van der Waals surface area contributed by atoms with Crippen LogP contribution >= 0.6 is 0 Å². The van der Waals surface area contributed by atoms with E-state index in [1.165, 1.54) is 5.01 Å². The summed E-state index contributed by atoms with van der Waals surface area (Å²) in [6.07, 6.45) is 0.616. The Morgan fingerprint density at radius 3 is 2.40 bits per heavy atom. The molecule has 0 aliphatic carbocycles. The van der Waals surface area contributed by atoms with Gasteiger partial charge in [-0.25, -0.2) is 5.01 Å². The van der Waals surface area contributed by atoms with Gasteiger partial charge in [0.2, 0.25) is 5.91 Å². The molecular formula is C20H21N3O2. The molecule has 128 valence electrons. The summed E-state index contributed by atoms with van der Waals surface area (Å²) in [6, 6.07) is 13.4. The second-order valence-corrected chi connectivity index (χ2v) is 6.31. The average Bonchev–Trinajstić information content (AvgIpc) is 2.58. The van der Waals surface area contributed by atoms with Crippen molar-refractivity contribution < 1.29 is 9.59 Å². The molecule has 0 spiro atoms. The van der Waals surface area contributed by atoms with E-state index in [9.17, 15) is 9.59 Å². The molecule has 25 heavy (non-hydrogen) atoms. The predicted octanol–water partition coefficient (Wildman–Crippen LogP) is 3.73. The highest BCUT2D eigenvalue weighted by Gasteiger charge is 2.26. The van der Waals surface area contributed by atoms with Crippen LogP contribution in [0.25, 0.3) is 0 Å². The molecule has 0 bridgehead atoms. The molecule has 0 saturated carbocycles. The number of hydrogen-bond acceptors (Lipinski definition) is 3. The Balaban J connectivity index is 1.87. The SMILES string of the molecule is Cc1cccc(N2N=C(C(=O)Nc3c(C)cccc3C)CCC2=O)c1. The first-order valence-electron chi connectivity index (χ1n) is 8.30. The molecule has 1 aliphatic heterocycles. The molecule has 2 amide bonds. The van der Waals surface area contributed by atoms with E-state index in [1.807, 2.05) is 63.2 Å². The molecule has 0 atom stereocenters. The van der Waals surface area contributed by atoms with Crippen molar-refractivity contribution in [2.75, 3.05) is 10.3 Å². The van der Waals surface area contributed by atoms with E-state index >= 15 is 0 Å². The van der Waals surface area contributed by atoms with Gasteiger partial charge in [0.15, 0.2) is 0 Å². The van der Waals surface area contributed by atoms with Gasteiger partial charge < -0.3 is 5.32 Å². The van der Waals surface area contributed by atoms with E-state index in [-0.39, 0.29) is 18.2 Å². The van der Waals surface area contributed by atoms with Gasteiger partial charge in [0, 0.05) is 18.5 Å². The summed E-state index contributed by atoms with van der Waals surface area (Å²) < 4.78 is 0. The minimum absolute atomic E-state index is 0.103. The molecule has 1 N–H and O–H groups in total. The lowest BCUT2D eigenvalue weighted by atomic mass is 10.1. The minimum Gasteiger partial charge on any atom is -0.320 e. The van der Waals surface area contributed by atoms with Gasteiger partial charge in [-0.05, 0) is 49.6 Å². The fourth-order valence-electron chi connectivity index (χ4n) is 2.88. The minimum atomic E-state index is -0.262. The van der Waals surface area contributed by atoms with E-state index in [0.29, 0.717) is 17.8 Å². The summed E-state index contributed by atoms with van der Waals surface area (Å²) in [6.45, 7) is 5.86. The summed E-state index contributed by atoms with van der Waals surface area (Å²) in [5.74, 6) is -0.364. The number of hydrogen-bond donors (Lipinski definition) is 1. The fourth-order valence-corrected chi connectivity index (χ4v) is 2.88. The highest BCUT2D eigenvalue weighted by molar-refractivity contribution is 6.44. The zero-order valence-corrected chi connectivity index (χ0v) is 14.7. The van der Waals surface area contributed by atoms with Gasteiger partial charge in [-0.1, -0.05) is 30.3 Å². The molecule has 3 rings (SSSR count). The average molecular weight is 335 g/mol. The van der Waals surface area contributed by atoms with Crippen LogP contribution < -0.4 is 10.3 Å². The Morgan fingerprint density at radius 1 is 1.04 bits per heavy atom. The topological polar surface area (TPSA) is 61.8 Å². The first-order valence-corrected chi connectivity index (χ1v) is 8.30. The summed E-state index contributed by atoms with van der Waals surface area (Å²) in [7, 11) is 0. The highest BCUT2D eigenvalue weighted by atomic mass is 16.2. The first kappa shape index (κ1) is 16.9. The lowest BCUT2D eigenvalue weighted by Crippen LogP contribution is -2.36. The van der Waals surface area contributed by atoms with Crippen molar-refractivity contribution in [3.63, 3.8) is 0 Å². The van der Waals surface area contributed by atoms with E-state index < -0.39 is 0 Å². The van der Waals surface area contributed by atoms with E-state index in [2.05, 4.69) is 10.4 Å². The Hall–Kier alpha value is -2.95. The third-order valence-corrected chi connectivity index (χ3v) is 4.26. The maximum Gasteiger partial charge on any atom is 0.271 e. The van der Waals surface area contributed by atoms with Crippen LogP contribution in [-0.2, 0) is 9.59 Å². The van der Waals surface area contributed by atoms with Crippen LogP contribution in [0.2, 0.25) is 0 Å². The molecule has 1 aliphatic rings. The number of carbonyl (C=O) groups excluding carboxylic acids is 2. The van der Waals surface area contributed by atoms with Crippen LogP contribution in [0, 0.1) is 20.8 Å². The molecule has 0 saturated heterocycles. The first-order chi connectivity index (χ1) is 12.0. The van der Waals surface area contributed by atoms with Gasteiger partial charge in [0.05, 0.1) is 5.69 Å². The third kappa shape index (κ3) is 3.60. The van der Waals surface area contributed by atoms with Crippen LogP contribution in [0.15, 0.2) is 47.6 Å². The lowest BCUT2D eigenvalue weighted by Gasteiger charge is -2.23. The summed E-state index contributed by atoms with van der Waals surface area (Å²) in [5.41, 5.74) is 4.88. The molecule has 0 fully saturated rings. The van der Waals surface area contributed by atoms with Gasteiger partial charge >= 0.3 is 0 Å². The second-order valence-electron chi connectivity index (χ2n) is 6.31. The normalized spacial score (nSPS) is 14.3. The number of nitrogens with zero attached hydrogens (tertiary/aromatic N) is 2. The molecule has 2 aromatic carbocycles. The molecular weight excluding hydrogens is 314 g/mol. The number of benzene rings is 2. The maximum absolute atomic E-state index is 12.6. The van der Waals surface area contributed by atoms with Crippen LogP contribution in [0.1, 0.15) is 29.5 Å². The number of aryl methyl sites for hydroxylation is 3. The van der Waals surface area contributed by atoms with E-state index in [1.54, 1.807) is 0 Å². The van der Waals surface area contributed by atoms with Crippen molar-refractivity contribution in [2.24, 2.45) is 5.10 Å². The number of anilines is 2. The quantitative estimate of drug-likeness (QED) is 0.929. The van der Waals surface area contributed by atoms with E-state index in [4.69, 9.17) is 0 Å². The zero-order valence-electron chi connectivity index (χ0n) is 14.7. The number of para-hydroxylation sites is 1. The fraction of sp³-hybridized carbons (Fsp3) is 0.250. The Kier molecular flexibility index (Phi) is 4.65. The van der Waals surface area contributed by atoms with Gasteiger partial charge in [-0.15, -0.1) is 0 Å². The summed E-state index contributed by atoms with van der Waals surface area (Å²) in [5, 5.41) is 8.59. The standard InChI is InChI=1S/C20H21N3O2/c1-13-6-4-9-16(12-13)23-18(24)11-10-17(22-23)20(25)21-19-14(2)7-5-8-15(19)3/h4-9,12H,10-11H2,1-3H3,(H,21,25). The molecule has 0 aromatic heterocycles. The van der Waals surface area contributed by atoms with Crippen molar-refractivity contribution >= 4 is 28.9 Å². The molecule has 5 heteroatoms. The largest absolute Gasteiger partial charge is 0.320 e. The van der Waals surface area contributed by atoms with Crippen LogP contribution in [0.3, 0.4) is 0 Å². The van der Waals surface area contributed by atoms with Crippen LogP contribution in [0.5, 0.6) is 0 Å². The number of amides is 2. The third-order valence-electron chi connectivity index (χ3n) is 4.26. The zero-order chi connectivity index (χ0) is 18.0. The van der Waals surface area contributed by atoms with Crippen molar-refractivity contribution in [3.05, 3.63) is 59.2 Å². The number of nitrogens with one attached hydrogen (secondary N) is 1. The van der Waals surface area contributed by atoms with Gasteiger partial charge in [-0.3, -0.25) is 9.59 Å². The summed E-state index contributed by atoms with van der Waals surface area (Å²) in [4.78, 5) is 24.9.